The third-order valence-electron chi connectivity index (χ3n) is 7.04. The van der Waals surface area contributed by atoms with Gasteiger partial charge < -0.3 is 23.7 Å². The molecule has 0 aliphatic carbocycles. The lowest BCUT2D eigenvalue weighted by atomic mass is 9.92. The molecule has 1 atom stereocenters. The largest absolute Gasteiger partial charge is 0.497 e. The Morgan fingerprint density at radius 1 is 1.04 bits per heavy atom. The SMILES string of the molecule is C#CCOc1c(Cl)cc(/C=c2\sc3n(c2=O)[C@H](c2ccc(OC)cc2OC)C(C(=O)OCC)=C(c2ccccc2)N=3)cc1OCC. The van der Waals surface area contributed by atoms with Gasteiger partial charge in [0, 0.05) is 17.2 Å². The summed E-state index contributed by atoms with van der Waals surface area (Å²) < 4.78 is 30.0. The van der Waals surface area contributed by atoms with Gasteiger partial charge in [0.1, 0.15) is 24.1 Å². The number of rotatable bonds is 11. The molecule has 0 saturated carbocycles. The first-order valence-electron chi connectivity index (χ1n) is 14.4. The third-order valence-corrected chi connectivity index (χ3v) is 8.30. The van der Waals surface area contributed by atoms with Crippen molar-refractivity contribution in [3.8, 4) is 35.3 Å². The van der Waals surface area contributed by atoms with Crippen molar-refractivity contribution in [1.29, 1.82) is 0 Å². The number of esters is 1. The highest BCUT2D eigenvalue weighted by Crippen LogP contribution is 2.40. The Balaban J connectivity index is 1.81. The van der Waals surface area contributed by atoms with Crippen molar-refractivity contribution >= 4 is 40.7 Å². The van der Waals surface area contributed by atoms with E-state index in [2.05, 4.69) is 5.92 Å². The van der Waals surface area contributed by atoms with Crippen molar-refractivity contribution in [3.05, 3.63) is 108 Å². The summed E-state index contributed by atoms with van der Waals surface area (Å²) in [7, 11) is 3.07. The van der Waals surface area contributed by atoms with Crippen LogP contribution in [0.1, 0.15) is 36.6 Å². The van der Waals surface area contributed by atoms with E-state index in [9.17, 15) is 9.59 Å². The second-order valence-corrected chi connectivity index (χ2v) is 11.2. The lowest BCUT2D eigenvalue weighted by Gasteiger charge is -2.27. The van der Waals surface area contributed by atoms with Crippen molar-refractivity contribution < 1.29 is 28.5 Å². The molecule has 0 spiro atoms. The molecule has 0 saturated heterocycles. The van der Waals surface area contributed by atoms with E-state index in [-0.39, 0.29) is 29.4 Å². The average Bonchev–Trinajstić information content (AvgIpc) is 3.37. The molecule has 9 nitrogen and oxygen atoms in total. The minimum Gasteiger partial charge on any atom is -0.497 e. The second-order valence-electron chi connectivity index (χ2n) is 9.80. The fraction of sp³-hybridized carbons (Fsp3) is 0.229. The highest BCUT2D eigenvalue weighted by molar-refractivity contribution is 7.07. The molecule has 236 valence electrons. The van der Waals surface area contributed by atoms with Gasteiger partial charge in [-0.2, -0.15) is 0 Å². The summed E-state index contributed by atoms with van der Waals surface area (Å²) in [6.07, 6.45) is 7.07. The molecule has 3 aromatic carbocycles. The van der Waals surface area contributed by atoms with Gasteiger partial charge in [0.15, 0.2) is 16.3 Å². The number of nitrogens with zero attached hydrogens (tertiary/aromatic N) is 2. The summed E-state index contributed by atoms with van der Waals surface area (Å²) in [4.78, 5) is 33.4. The number of aromatic nitrogens is 1. The Hall–Kier alpha value is -4.98. The van der Waals surface area contributed by atoms with Crippen LogP contribution in [0.3, 0.4) is 0 Å². The van der Waals surface area contributed by atoms with Crippen LogP contribution in [0.25, 0.3) is 11.8 Å². The minimum atomic E-state index is -0.935. The molecule has 0 fully saturated rings. The topological polar surface area (TPSA) is 97.6 Å². The number of halogens is 1. The molecular weight excluding hydrogens is 628 g/mol. The van der Waals surface area contributed by atoms with Gasteiger partial charge in [0.25, 0.3) is 5.56 Å². The molecular formula is C35H31ClN2O7S. The summed E-state index contributed by atoms with van der Waals surface area (Å²) >= 11 is 7.75. The van der Waals surface area contributed by atoms with Crippen LogP contribution in [0, 0.1) is 12.3 Å². The van der Waals surface area contributed by atoms with Crippen LogP contribution >= 0.6 is 22.9 Å². The maximum atomic E-state index is 14.3. The first-order valence-corrected chi connectivity index (χ1v) is 15.6. The van der Waals surface area contributed by atoms with Crippen LogP contribution in [0.2, 0.25) is 5.02 Å². The summed E-state index contributed by atoms with van der Waals surface area (Å²) in [6.45, 7) is 4.06. The fourth-order valence-corrected chi connectivity index (χ4v) is 6.39. The standard InChI is InChI=1S/C35H31ClN2O7S/c1-6-16-45-32-25(36)17-21(18-27(32)43-7-2)19-28-33(39)38-31(24-15-14-23(41-4)20-26(24)42-5)29(34(40)44-8-3)30(37-35(38)46-28)22-12-10-9-11-13-22/h1,9-15,17-20,31H,7-8,16H2,2-5H3/b28-19-/t31-/m1/s1. The lowest BCUT2D eigenvalue weighted by Crippen LogP contribution is -2.40. The number of fused-ring (bicyclic) bond motifs is 1. The Morgan fingerprint density at radius 2 is 1.83 bits per heavy atom. The van der Waals surface area contributed by atoms with E-state index in [1.54, 1.807) is 50.4 Å². The smallest absolute Gasteiger partial charge is 0.338 e. The summed E-state index contributed by atoms with van der Waals surface area (Å²) in [5, 5.41) is 0.275. The van der Waals surface area contributed by atoms with Crippen LogP contribution in [-0.4, -0.2) is 44.6 Å². The predicted molar refractivity (Wildman–Crippen MR) is 178 cm³/mol. The average molecular weight is 659 g/mol. The van der Waals surface area contributed by atoms with E-state index in [1.807, 2.05) is 37.3 Å². The molecule has 46 heavy (non-hydrogen) atoms. The Bertz CT molecular complexity index is 2030. The molecule has 1 aliphatic rings. The molecule has 0 bridgehead atoms. The Morgan fingerprint density at radius 3 is 2.50 bits per heavy atom. The van der Waals surface area contributed by atoms with E-state index in [4.69, 9.17) is 46.7 Å². The molecule has 2 heterocycles. The van der Waals surface area contributed by atoms with Crippen LogP contribution in [-0.2, 0) is 9.53 Å². The van der Waals surface area contributed by atoms with Crippen molar-refractivity contribution in [3.63, 3.8) is 0 Å². The van der Waals surface area contributed by atoms with E-state index in [0.29, 0.717) is 61.3 Å². The molecule has 11 heteroatoms. The van der Waals surface area contributed by atoms with Gasteiger partial charge in [-0.15, -0.1) is 6.42 Å². The summed E-state index contributed by atoms with van der Waals surface area (Å²) in [5.41, 5.74) is 2.06. The number of methoxy groups -OCH3 is 2. The molecule has 0 N–H and O–H groups in total. The number of thiazole rings is 1. The van der Waals surface area contributed by atoms with Crippen molar-refractivity contribution in [2.24, 2.45) is 4.99 Å². The number of benzene rings is 3. The third kappa shape index (κ3) is 6.38. The van der Waals surface area contributed by atoms with Crippen molar-refractivity contribution in [1.82, 2.24) is 4.57 Å². The predicted octanol–water partition coefficient (Wildman–Crippen LogP) is 5.02. The number of carbonyl (C=O) groups is 1. The number of terminal acetylenes is 1. The number of hydrogen-bond donors (Lipinski definition) is 0. The van der Waals surface area contributed by atoms with Gasteiger partial charge in [-0.1, -0.05) is 59.2 Å². The van der Waals surface area contributed by atoms with E-state index >= 15 is 0 Å². The summed E-state index contributed by atoms with van der Waals surface area (Å²) in [6, 6.07) is 17.0. The molecule has 0 unspecified atom stereocenters. The number of hydrogen-bond acceptors (Lipinski definition) is 9. The zero-order valence-corrected chi connectivity index (χ0v) is 27.2. The van der Waals surface area contributed by atoms with Gasteiger partial charge in [-0.05, 0) is 49.8 Å². The number of ether oxygens (including phenoxy) is 5. The molecule has 1 aliphatic heterocycles. The van der Waals surface area contributed by atoms with Gasteiger partial charge in [-0.3, -0.25) is 9.36 Å². The minimum absolute atomic E-state index is 0.0130. The highest BCUT2D eigenvalue weighted by atomic mass is 35.5. The van der Waals surface area contributed by atoms with Gasteiger partial charge in [-0.25, -0.2) is 9.79 Å². The Labute approximate surface area is 274 Å². The van der Waals surface area contributed by atoms with Crippen LogP contribution in [0.5, 0.6) is 23.0 Å². The maximum Gasteiger partial charge on any atom is 0.338 e. The van der Waals surface area contributed by atoms with Gasteiger partial charge in [0.05, 0.1) is 48.3 Å². The molecule has 0 radical (unpaired) electrons. The second kappa shape index (κ2) is 14.4. The van der Waals surface area contributed by atoms with Crippen molar-refractivity contribution in [2.45, 2.75) is 19.9 Å². The van der Waals surface area contributed by atoms with E-state index in [0.717, 1.165) is 0 Å². The monoisotopic (exact) mass is 658 g/mol. The first kappa shape index (κ1) is 32.4. The lowest BCUT2D eigenvalue weighted by molar-refractivity contribution is -0.138. The fourth-order valence-electron chi connectivity index (χ4n) is 5.12. The van der Waals surface area contributed by atoms with Crippen LogP contribution in [0.15, 0.2) is 76.0 Å². The van der Waals surface area contributed by atoms with E-state index in [1.165, 1.54) is 23.0 Å². The van der Waals surface area contributed by atoms with Crippen molar-refractivity contribution in [2.75, 3.05) is 34.0 Å². The van der Waals surface area contributed by atoms with Gasteiger partial charge >= 0.3 is 5.97 Å². The Kier molecular flexibility index (Phi) is 10.2. The maximum absolute atomic E-state index is 14.3. The normalized spacial score (nSPS) is 14.2. The first-order chi connectivity index (χ1) is 22.3. The highest BCUT2D eigenvalue weighted by Gasteiger charge is 2.37. The quantitative estimate of drug-likeness (QED) is 0.165. The number of carbonyl (C=O) groups excluding carboxylic acids is 1. The van der Waals surface area contributed by atoms with Crippen LogP contribution in [0.4, 0.5) is 0 Å². The zero-order valence-electron chi connectivity index (χ0n) is 25.7. The molecule has 5 rings (SSSR count). The van der Waals surface area contributed by atoms with Gasteiger partial charge in [0.2, 0.25) is 0 Å². The molecule has 0 amide bonds. The molecule has 4 aromatic rings. The molecule has 1 aromatic heterocycles. The zero-order chi connectivity index (χ0) is 32.8. The summed E-state index contributed by atoms with van der Waals surface area (Å²) in [5.74, 6) is 3.50. The van der Waals surface area contributed by atoms with Crippen LogP contribution < -0.4 is 33.8 Å². The van der Waals surface area contributed by atoms with E-state index < -0.39 is 12.0 Å².